The highest BCUT2D eigenvalue weighted by Gasteiger charge is 2.13. The van der Waals surface area contributed by atoms with Gasteiger partial charge < -0.3 is 4.90 Å². The second-order valence-electron chi connectivity index (χ2n) is 5.22. The molecule has 0 spiro atoms. The Balaban J connectivity index is 1.87. The van der Waals surface area contributed by atoms with Crippen molar-refractivity contribution in [2.45, 2.75) is 6.92 Å². The van der Waals surface area contributed by atoms with Gasteiger partial charge in [0, 0.05) is 29.9 Å². The minimum absolute atomic E-state index is 0.230. The molecule has 0 aliphatic rings. The van der Waals surface area contributed by atoms with Crippen LogP contribution in [-0.4, -0.2) is 22.9 Å². The van der Waals surface area contributed by atoms with E-state index in [1.807, 2.05) is 18.4 Å². The largest absolute Gasteiger partial charge is 0.343 e. The van der Waals surface area contributed by atoms with Gasteiger partial charge in [0.2, 0.25) is 0 Å². The maximum Gasteiger partial charge on any atom is 0.257 e. The number of hydrogen-bond donors (Lipinski definition) is 1. The van der Waals surface area contributed by atoms with Gasteiger partial charge in [-0.25, -0.2) is 9.37 Å². The second-order valence-corrected chi connectivity index (χ2v) is 6.07. The topological polar surface area (TPSA) is 58.1 Å². The van der Waals surface area contributed by atoms with Gasteiger partial charge in [-0.3, -0.25) is 15.1 Å². The molecule has 5 nitrogen and oxygen atoms in total. The van der Waals surface area contributed by atoms with E-state index in [0.29, 0.717) is 10.8 Å². The number of carbonyl (C=O) groups excluding carboxylic acids is 1. The Hall–Kier alpha value is -2.80. The molecule has 7 heteroatoms. The van der Waals surface area contributed by atoms with Crippen LogP contribution in [0.2, 0.25) is 0 Å². The first-order valence-corrected chi connectivity index (χ1v) is 8.09. The molecular weight excluding hydrogens is 327 g/mol. The number of halogens is 1. The first-order valence-electron chi connectivity index (χ1n) is 7.21. The summed E-state index contributed by atoms with van der Waals surface area (Å²) < 4.78 is 14.0. The van der Waals surface area contributed by atoms with E-state index in [2.05, 4.69) is 15.3 Å². The molecule has 0 saturated heterocycles. The van der Waals surface area contributed by atoms with Crippen molar-refractivity contribution in [3.63, 3.8) is 0 Å². The summed E-state index contributed by atoms with van der Waals surface area (Å²) in [6.45, 7) is 1.84. The molecule has 3 aromatic rings. The number of pyridine rings is 1. The number of anilines is 3. The van der Waals surface area contributed by atoms with Crippen molar-refractivity contribution >= 4 is 33.8 Å². The van der Waals surface area contributed by atoms with Crippen molar-refractivity contribution in [3.8, 4) is 0 Å². The lowest BCUT2D eigenvalue weighted by atomic mass is 10.1. The lowest BCUT2D eigenvalue weighted by molar-refractivity contribution is 0.102. The Morgan fingerprint density at radius 1 is 1.29 bits per heavy atom. The predicted molar refractivity (Wildman–Crippen MR) is 93.5 cm³/mol. The standard InChI is InChI=1S/C17H15FN4OS/c1-11-10-24-17(20-11)21-16(23)12-6-13(18)8-15(7-12)22(2)14-4-3-5-19-9-14/h3-10H,1-2H3,(H,20,21,23). The third kappa shape index (κ3) is 3.57. The molecule has 0 unspecified atom stereocenters. The van der Waals surface area contributed by atoms with Crippen LogP contribution >= 0.6 is 11.3 Å². The zero-order chi connectivity index (χ0) is 17.1. The maximum atomic E-state index is 14.0. The predicted octanol–water partition coefficient (Wildman–Crippen LogP) is 4.01. The molecule has 2 heterocycles. The molecule has 3 rings (SSSR count). The zero-order valence-corrected chi connectivity index (χ0v) is 14.0. The Kier molecular flexibility index (Phi) is 4.52. The van der Waals surface area contributed by atoms with Crippen molar-refractivity contribution in [2.75, 3.05) is 17.3 Å². The third-order valence-electron chi connectivity index (χ3n) is 3.40. The van der Waals surface area contributed by atoms with Gasteiger partial charge in [0.05, 0.1) is 17.6 Å². The molecule has 0 atom stereocenters. The molecule has 24 heavy (non-hydrogen) atoms. The minimum Gasteiger partial charge on any atom is -0.343 e. The van der Waals surface area contributed by atoms with E-state index in [4.69, 9.17) is 0 Å². The van der Waals surface area contributed by atoms with Gasteiger partial charge in [0.1, 0.15) is 5.82 Å². The third-order valence-corrected chi connectivity index (χ3v) is 4.28. The van der Waals surface area contributed by atoms with Crippen LogP contribution in [0.25, 0.3) is 0 Å². The highest BCUT2D eigenvalue weighted by molar-refractivity contribution is 7.13. The summed E-state index contributed by atoms with van der Waals surface area (Å²) in [7, 11) is 1.79. The number of aryl methyl sites for hydroxylation is 1. The van der Waals surface area contributed by atoms with Crippen LogP contribution in [0.1, 0.15) is 16.1 Å². The minimum atomic E-state index is -0.483. The van der Waals surface area contributed by atoms with Gasteiger partial charge in [-0.2, -0.15) is 0 Å². The zero-order valence-electron chi connectivity index (χ0n) is 13.2. The summed E-state index contributed by atoms with van der Waals surface area (Å²) in [5.74, 6) is -0.881. The number of hydrogen-bond acceptors (Lipinski definition) is 5. The number of thiazole rings is 1. The summed E-state index contributed by atoms with van der Waals surface area (Å²) in [6.07, 6.45) is 3.33. The summed E-state index contributed by atoms with van der Waals surface area (Å²) in [5, 5.41) is 5.01. The SMILES string of the molecule is Cc1csc(NC(=O)c2cc(F)cc(N(C)c3cccnc3)c2)n1. The van der Waals surface area contributed by atoms with E-state index in [0.717, 1.165) is 11.4 Å². The number of benzene rings is 1. The number of carbonyl (C=O) groups is 1. The van der Waals surface area contributed by atoms with Gasteiger partial charge in [0.25, 0.3) is 5.91 Å². The van der Waals surface area contributed by atoms with Crippen molar-refractivity contribution in [1.29, 1.82) is 0 Å². The van der Waals surface area contributed by atoms with Gasteiger partial charge in [0.15, 0.2) is 5.13 Å². The monoisotopic (exact) mass is 342 g/mol. The molecule has 0 radical (unpaired) electrons. The lowest BCUT2D eigenvalue weighted by Gasteiger charge is -2.19. The van der Waals surface area contributed by atoms with E-state index in [1.165, 1.54) is 23.5 Å². The van der Waals surface area contributed by atoms with Crippen LogP contribution in [-0.2, 0) is 0 Å². The van der Waals surface area contributed by atoms with Crippen LogP contribution in [0.3, 0.4) is 0 Å². The Morgan fingerprint density at radius 3 is 2.79 bits per heavy atom. The van der Waals surface area contributed by atoms with E-state index < -0.39 is 11.7 Å². The summed E-state index contributed by atoms with van der Waals surface area (Å²) >= 11 is 1.33. The fourth-order valence-electron chi connectivity index (χ4n) is 2.18. The fourth-order valence-corrected chi connectivity index (χ4v) is 2.86. The van der Waals surface area contributed by atoms with Crippen molar-refractivity contribution in [1.82, 2.24) is 9.97 Å². The quantitative estimate of drug-likeness (QED) is 0.778. The van der Waals surface area contributed by atoms with Crippen LogP contribution in [0.15, 0.2) is 48.1 Å². The van der Waals surface area contributed by atoms with Crippen molar-refractivity contribution in [3.05, 3.63) is 65.2 Å². The van der Waals surface area contributed by atoms with E-state index in [9.17, 15) is 9.18 Å². The molecule has 0 saturated carbocycles. The van der Waals surface area contributed by atoms with Gasteiger partial charge in [-0.15, -0.1) is 11.3 Å². The van der Waals surface area contributed by atoms with Crippen LogP contribution in [0, 0.1) is 12.7 Å². The first-order chi connectivity index (χ1) is 11.5. The highest BCUT2D eigenvalue weighted by Crippen LogP contribution is 2.25. The molecule has 0 bridgehead atoms. The normalized spacial score (nSPS) is 10.5. The number of rotatable bonds is 4. The first kappa shape index (κ1) is 16.1. The summed E-state index contributed by atoms with van der Waals surface area (Å²) in [5.41, 5.74) is 2.41. The molecule has 1 N–H and O–H groups in total. The molecule has 1 amide bonds. The smallest absolute Gasteiger partial charge is 0.257 e. The molecule has 122 valence electrons. The molecule has 2 aromatic heterocycles. The number of amides is 1. The Morgan fingerprint density at radius 2 is 2.12 bits per heavy atom. The van der Waals surface area contributed by atoms with E-state index in [-0.39, 0.29) is 5.56 Å². The van der Waals surface area contributed by atoms with E-state index >= 15 is 0 Å². The Labute approximate surface area is 142 Å². The average Bonchev–Trinajstić information content (AvgIpc) is 2.99. The van der Waals surface area contributed by atoms with Crippen LogP contribution in [0.4, 0.5) is 20.9 Å². The van der Waals surface area contributed by atoms with Crippen molar-refractivity contribution in [2.24, 2.45) is 0 Å². The fraction of sp³-hybridized carbons (Fsp3) is 0.118. The van der Waals surface area contributed by atoms with Crippen molar-refractivity contribution < 1.29 is 9.18 Å². The van der Waals surface area contributed by atoms with Gasteiger partial charge >= 0.3 is 0 Å². The lowest BCUT2D eigenvalue weighted by Crippen LogP contribution is -2.15. The maximum absolute atomic E-state index is 14.0. The number of aromatic nitrogens is 2. The van der Waals surface area contributed by atoms with Gasteiger partial charge in [-0.1, -0.05) is 0 Å². The molecule has 0 fully saturated rings. The Bertz CT molecular complexity index is 866. The molecular formula is C17H15FN4OS. The van der Waals surface area contributed by atoms with E-state index in [1.54, 1.807) is 36.5 Å². The number of nitrogens with zero attached hydrogens (tertiary/aromatic N) is 3. The average molecular weight is 342 g/mol. The summed E-state index contributed by atoms with van der Waals surface area (Å²) in [6, 6.07) is 7.86. The number of nitrogens with one attached hydrogen (secondary N) is 1. The molecule has 0 aliphatic heterocycles. The summed E-state index contributed by atoms with van der Waals surface area (Å²) in [4.78, 5) is 22.3. The second kappa shape index (κ2) is 6.76. The highest BCUT2D eigenvalue weighted by atomic mass is 32.1. The molecule has 1 aromatic carbocycles. The van der Waals surface area contributed by atoms with Gasteiger partial charge in [-0.05, 0) is 37.3 Å². The van der Waals surface area contributed by atoms with Crippen LogP contribution in [0.5, 0.6) is 0 Å². The van der Waals surface area contributed by atoms with Crippen LogP contribution < -0.4 is 10.2 Å². The molecule has 0 aliphatic carbocycles.